The predicted octanol–water partition coefficient (Wildman–Crippen LogP) is 3.85. The van der Waals surface area contributed by atoms with E-state index in [4.69, 9.17) is 21.1 Å². The van der Waals surface area contributed by atoms with Crippen molar-refractivity contribution >= 4 is 28.3 Å². The molecule has 0 saturated carbocycles. The third-order valence-electron chi connectivity index (χ3n) is 5.40. The Kier molecular flexibility index (Phi) is 4.16. The van der Waals surface area contributed by atoms with Gasteiger partial charge in [-0.3, -0.25) is 4.79 Å². The zero-order valence-corrected chi connectivity index (χ0v) is 17.7. The van der Waals surface area contributed by atoms with Crippen molar-refractivity contribution in [1.82, 2.24) is 24.1 Å². The van der Waals surface area contributed by atoms with Crippen LogP contribution >= 0.6 is 11.6 Å². The quantitative estimate of drug-likeness (QED) is 0.419. The summed E-state index contributed by atoms with van der Waals surface area (Å²) in [4.78, 5) is 22.6. The monoisotopic (exact) mass is 445 g/mol. The number of nitrogens with zero attached hydrogens (tertiary/aromatic N) is 5. The van der Waals surface area contributed by atoms with E-state index in [1.54, 1.807) is 34.3 Å². The van der Waals surface area contributed by atoms with Gasteiger partial charge >= 0.3 is 0 Å². The van der Waals surface area contributed by atoms with Crippen LogP contribution in [0.1, 0.15) is 11.4 Å². The Balaban J connectivity index is 1.59. The maximum absolute atomic E-state index is 13.7. The molecule has 0 radical (unpaired) electrons. The normalized spacial score (nSPS) is 12.7. The molecule has 8 nitrogen and oxygen atoms in total. The first kappa shape index (κ1) is 18.8. The van der Waals surface area contributed by atoms with E-state index < -0.39 is 0 Å². The molecule has 0 aliphatic carbocycles. The lowest BCUT2D eigenvalue weighted by Crippen LogP contribution is -2.22. The zero-order valence-electron chi connectivity index (χ0n) is 16.9. The molecule has 1 aliphatic heterocycles. The van der Waals surface area contributed by atoms with Crippen molar-refractivity contribution in [3.05, 3.63) is 81.5 Å². The van der Waals surface area contributed by atoms with Gasteiger partial charge in [0.1, 0.15) is 5.82 Å². The summed E-state index contributed by atoms with van der Waals surface area (Å²) in [5.74, 6) is 2.38. The molecule has 32 heavy (non-hydrogen) atoms. The number of hydrogen-bond acceptors (Lipinski definition) is 6. The van der Waals surface area contributed by atoms with Gasteiger partial charge in [0.05, 0.1) is 23.1 Å². The highest BCUT2D eigenvalue weighted by Crippen LogP contribution is 2.33. The van der Waals surface area contributed by atoms with Crippen LogP contribution in [0.3, 0.4) is 0 Å². The lowest BCUT2D eigenvalue weighted by molar-refractivity contribution is 0.174. The van der Waals surface area contributed by atoms with E-state index in [1.807, 2.05) is 36.4 Å². The highest BCUT2D eigenvalue weighted by Gasteiger charge is 2.19. The number of aryl methyl sites for hydroxylation is 1. The largest absolute Gasteiger partial charge is 0.454 e. The summed E-state index contributed by atoms with van der Waals surface area (Å²) >= 11 is 6.26. The van der Waals surface area contributed by atoms with Crippen molar-refractivity contribution in [2.45, 2.75) is 13.5 Å². The summed E-state index contributed by atoms with van der Waals surface area (Å²) in [5, 5.41) is 5.50. The number of pyridine rings is 1. The summed E-state index contributed by atoms with van der Waals surface area (Å²) in [6.07, 6.45) is 1.74. The maximum atomic E-state index is 13.7. The SMILES string of the molecule is Cc1nc2nc3ccn(Cc4ccc5c(c4)OCO5)c(=O)c3c(-c3cccc(Cl)c3)n2n1. The summed E-state index contributed by atoms with van der Waals surface area (Å²) in [5.41, 5.74) is 2.66. The number of ether oxygens (including phenoxy) is 2. The fourth-order valence-corrected chi connectivity index (χ4v) is 4.17. The average molecular weight is 446 g/mol. The van der Waals surface area contributed by atoms with Crippen molar-refractivity contribution in [1.29, 1.82) is 0 Å². The second kappa shape index (κ2) is 7.06. The van der Waals surface area contributed by atoms with Crippen LogP contribution in [-0.4, -0.2) is 30.9 Å². The number of hydrogen-bond donors (Lipinski definition) is 0. The molecule has 6 rings (SSSR count). The lowest BCUT2D eigenvalue weighted by atomic mass is 10.1. The van der Waals surface area contributed by atoms with Crippen LogP contribution in [0, 0.1) is 6.92 Å². The molecule has 2 aromatic carbocycles. The van der Waals surface area contributed by atoms with Gasteiger partial charge in [-0.15, -0.1) is 5.10 Å². The summed E-state index contributed by atoms with van der Waals surface area (Å²) in [6.45, 7) is 2.37. The van der Waals surface area contributed by atoms with Crippen LogP contribution in [0.15, 0.2) is 59.5 Å². The zero-order chi connectivity index (χ0) is 21.8. The van der Waals surface area contributed by atoms with E-state index >= 15 is 0 Å². The van der Waals surface area contributed by atoms with E-state index in [0.29, 0.717) is 51.3 Å². The Morgan fingerprint density at radius 3 is 2.81 bits per heavy atom. The first-order valence-electron chi connectivity index (χ1n) is 9.98. The Bertz CT molecular complexity index is 1590. The number of benzene rings is 2. The molecule has 0 N–H and O–H groups in total. The third-order valence-corrected chi connectivity index (χ3v) is 5.63. The molecule has 158 valence electrons. The second-order valence-corrected chi connectivity index (χ2v) is 7.97. The topological polar surface area (TPSA) is 83.5 Å². The number of fused-ring (bicyclic) bond motifs is 3. The Labute approximate surface area is 186 Å². The molecule has 0 amide bonds. The van der Waals surface area contributed by atoms with Crippen LogP contribution in [0.25, 0.3) is 27.9 Å². The summed E-state index contributed by atoms with van der Waals surface area (Å²) in [6, 6.07) is 14.8. The molecule has 4 heterocycles. The minimum absolute atomic E-state index is 0.183. The van der Waals surface area contributed by atoms with Gasteiger partial charge in [-0.25, -0.2) is 4.98 Å². The fourth-order valence-electron chi connectivity index (χ4n) is 3.98. The van der Waals surface area contributed by atoms with Crippen LogP contribution in [-0.2, 0) is 6.54 Å². The number of rotatable bonds is 3. The standard InChI is InChI=1S/C23H16ClN5O3/c1-13-25-23-26-17-7-8-28(11-14-5-6-18-19(9-14)32-12-31-18)22(30)20(17)21(29(23)27-13)15-3-2-4-16(24)10-15/h2-10H,11-12H2,1H3. The third kappa shape index (κ3) is 2.99. The van der Waals surface area contributed by atoms with Crippen molar-refractivity contribution in [2.24, 2.45) is 0 Å². The van der Waals surface area contributed by atoms with Crippen LogP contribution in [0.4, 0.5) is 0 Å². The van der Waals surface area contributed by atoms with Crippen LogP contribution < -0.4 is 15.0 Å². The molecular formula is C23H16ClN5O3. The molecular weight excluding hydrogens is 430 g/mol. The molecule has 5 aromatic rings. The Morgan fingerprint density at radius 1 is 1.06 bits per heavy atom. The van der Waals surface area contributed by atoms with Crippen molar-refractivity contribution in [2.75, 3.05) is 6.79 Å². The molecule has 9 heteroatoms. The van der Waals surface area contributed by atoms with E-state index in [9.17, 15) is 4.79 Å². The van der Waals surface area contributed by atoms with E-state index in [2.05, 4.69) is 15.1 Å². The van der Waals surface area contributed by atoms with Crippen molar-refractivity contribution in [3.63, 3.8) is 0 Å². The molecule has 0 atom stereocenters. The molecule has 1 aliphatic rings. The van der Waals surface area contributed by atoms with Gasteiger partial charge in [0.25, 0.3) is 11.3 Å². The number of halogens is 1. The molecule has 0 unspecified atom stereocenters. The van der Waals surface area contributed by atoms with Gasteiger partial charge in [-0.05, 0) is 42.8 Å². The average Bonchev–Trinajstić information content (AvgIpc) is 3.39. The first-order valence-corrected chi connectivity index (χ1v) is 10.4. The molecule has 0 spiro atoms. The molecule has 0 bridgehead atoms. The van der Waals surface area contributed by atoms with Crippen molar-refractivity contribution in [3.8, 4) is 22.8 Å². The summed E-state index contributed by atoms with van der Waals surface area (Å²) in [7, 11) is 0. The first-order chi connectivity index (χ1) is 15.6. The van der Waals surface area contributed by atoms with Gasteiger partial charge in [0.2, 0.25) is 6.79 Å². The Morgan fingerprint density at radius 2 is 1.94 bits per heavy atom. The van der Waals surface area contributed by atoms with Gasteiger partial charge in [-0.1, -0.05) is 29.8 Å². The van der Waals surface area contributed by atoms with Gasteiger partial charge < -0.3 is 14.0 Å². The second-order valence-electron chi connectivity index (χ2n) is 7.54. The Hall–Kier alpha value is -3.91. The van der Waals surface area contributed by atoms with Crippen molar-refractivity contribution < 1.29 is 9.47 Å². The van der Waals surface area contributed by atoms with Crippen LogP contribution in [0.5, 0.6) is 11.5 Å². The number of aromatic nitrogens is 5. The molecule has 0 fully saturated rings. The molecule has 3 aromatic heterocycles. The molecule has 0 saturated heterocycles. The van der Waals surface area contributed by atoms with Crippen LogP contribution in [0.2, 0.25) is 5.02 Å². The van der Waals surface area contributed by atoms with Gasteiger partial charge in [0.15, 0.2) is 11.5 Å². The minimum atomic E-state index is -0.183. The highest BCUT2D eigenvalue weighted by molar-refractivity contribution is 6.30. The maximum Gasteiger partial charge on any atom is 0.262 e. The van der Waals surface area contributed by atoms with Gasteiger partial charge in [-0.2, -0.15) is 9.50 Å². The fraction of sp³-hybridized carbons (Fsp3) is 0.130. The predicted molar refractivity (Wildman–Crippen MR) is 119 cm³/mol. The highest BCUT2D eigenvalue weighted by atomic mass is 35.5. The van der Waals surface area contributed by atoms with E-state index in [-0.39, 0.29) is 12.4 Å². The minimum Gasteiger partial charge on any atom is -0.454 e. The lowest BCUT2D eigenvalue weighted by Gasteiger charge is -2.12. The van der Waals surface area contributed by atoms with Gasteiger partial charge in [0, 0.05) is 16.8 Å². The van der Waals surface area contributed by atoms with E-state index in [0.717, 1.165) is 11.1 Å². The summed E-state index contributed by atoms with van der Waals surface area (Å²) < 4.78 is 14.1. The smallest absolute Gasteiger partial charge is 0.262 e. The van der Waals surface area contributed by atoms with E-state index in [1.165, 1.54) is 0 Å².